The van der Waals surface area contributed by atoms with Crippen LogP contribution in [-0.2, 0) is 15.9 Å². The van der Waals surface area contributed by atoms with Crippen LogP contribution in [0.15, 0.2) is 28.9 Å². The number of esters is 1. The van der Waals surface area contributed by atoms with Gasteiger partial charge in [0.1, 0.15) is 23.0 Å². The summed E-state index contributed by atoms with van der Waals surface area (Å²) >= 11 is 0. The predicted octanol–water partition coefficient (Wildman–Crippen LogP) is 4.80. The number of hydrogen-bond donors (Lipinski definition) is 0. The first kappa shape index (κ1) is 20.2. The van der Waals surface area contributed by atoms with Gasteiger partial charge in [-0.2, -0.15) is 0 Å². The number of carbonyl (C=O) groups excluding carboxylic acids is 2. The number of benzene rings is 1. The van der Waals surface area contributed by atoms with Crippen LogP contribution < -0.4 is 0 Å². The molecule has 0 atom stereocenters. The van der Waals surface area contributed by atoms with Gasteiger partial charge < -0.3 is 18.8 Å². The molecular weight excluding hydrogens is 358 g/mol. The van der Waals surface area contributed by atoms with E-state index < -0.39 is 5.60 Å². The molecule has 1 aromatic carbocycles. The van der Waals surface area contributed by atoms with Crippen LogP contribution in [0.4, 0.5) is 4.79 Å². The van der Waals surface area contributed by atoms with Gasteiger partial charge in [0.15, 0.2) is 0 Å². The lowest BCUT2D eigenvalue weighted by Gasteiger charge is -2.33. The van der Waals surface area contributed by atoms with Crippen molar-refractivity contribution >= 4 is 23.0 Å². The van der Waals surface area contributed by atoms with Gasteiger partial charge in [-0.15, -0.1) is 0 Å². The molecule has 0 N–H and O–H groups in total. The molecule has 6 nitrogen and oxygen atoms in total. The van der Waals surface area contributed by atoms with Crippen LogP contribution in [0, 0.1) is 5.92 Å². The topological polar surface area (TPSA) is 69.0 Å². The van der Waals surface area contributed by atoms with Gasteiger partial charge in [0.25, 0.3) is 0 Å². The zero-order chi connectivity index (χ0) is 20.3. The smallest absolute Gasteiger partial charge is 0.410 e. The maximum atomic E-state index is 12.2. The number of furan rings is 1. The summed E-state index contributed by atoms with van der Waals surface area (Å²) in [4.78, 5) is 25.9. The van der Waals surface area contributed by atoms with E-state index in [9.17, 15) is 9.59 Å². The largest absolute Gasteiger partial charge is 0.463 e. The lowest BCUT2D eigenvalue weighted by Crippen LogP contribution is -2.42. The fourth-order valence-corrected chi connectivity index (χ4v) is 3.55. The number of carbonyl (C=O) groups is 2. The Kier molecular flexibility index (Phi) is 5.96. The van der Waals surface area contributed by atoms with Crippen LogP contribution in [0.1, 0.15) is 56.5 Å². The summed E-state index contributed by atoms with van der Waals surface area (Å²) in [5.41, 5.74) is 1.88. The van der Waals surface area contributed by atoms with Crippen molar-refractivity contribution in [2.45, 2.75) is 52.6 Å². The summed E-state index contributed by atoms with van der Waals surface area (Å²) in [6.45, 7) is 9.21. The predicted molar refractivity (Wildman–Crippen MR) is 106 cm³/mol. The minimum Gasteiger partial charge on any atom is -0.463 e. The second-order valence-electron chi connectivity index (χ2n) is 8.32. The molecular formula is C22H29NO5. The van der Waals surface area contributed by atoms with Crippen molar-refractivity contribution in [3.63, 3.8) is 0 Å². The first-order chi connectivity index (χ1) is 13.3. The van der Waals surface area contributed by atoms with Crippen molar-refractivity contribution < 1.29 is 23.5 Å². The minimum absolute atomic E-state index is 0.227. The van der Waals surface area contributed by atoms with Gasteiger partial charge in [-0.1, -0.05) is 6.07 Å². The van der Waals surface area contributed by atoms with E-state index in [4.69, 9.17) is 13.9 Å². The first-order valence-electron chi connectivity index (χ1n) is 9.92. The standard InChI is InChI=1S/C22H29NO5/c1-5-26-20(24)18-14-27-19-13-16(6-7-17(18)19)12-15-8-10-23(11-9-15)21(25)28-22(2,3)4/h6-7,13-15H,5,8-12H2,1-4H3. The molecule has 0 spiro atoms. The summed E-state index contributed by atoms with van der Waals surface area (Å²) < 4.78 is 16.1. The van der Waals surface area contributed by atoms with Crippen molar-refractivity contribution in [2.75, 3.05) is 19.7 Å². The van der Waals surface area contributed by atoms with Crippen LogP contribution >= 0.6 is 0 Å². The van der Waals surface area contributed by atoms with Crippen molar-refractivity contribution in [3.8, 4) is 0 Å². The molecule has 2 heterocycles. The Bertz CT molecular complexity index is 840. The van der Waals surface area contributed by atoms with Gasteiger partial charge in [-0.05, 0) is 70.6 Å². The Hall–Kier alpha value is -2.50. The summed E-state index contributed by atoms with van der Waals surface area (Å²) in [6, 6.07) is 5.97. The fraction of sp³-hybridized carbons (Fsp3) is 0.545. The van der Waals surface area contributed by atoms with Crippen LogP contribution in [0.2, 0.25) is 0 Å². The molecule has 152 valence electrons. The molecule has 1 saturated heterocycles. The van der Waals surface area contributed by atoms with E-state index in [0.717, 1.165) is 37.7 Å². The monoisotopic (exact) mass is 387 g/mol. The van der Waals surface area contributed by atoms with E-state index >= 15 is 0 Å². The van der Waals surface area contributed by atoms with E-state index in [1.807, 2.05) is 39.0 Å². The third-order valence-corrected chi connectivity index (χ3v) is 4.93. The Balaban J connectivity index is 1.59. The molecule has 0 radical (unpaired) electrons. The molecule has 0 saturated carbocycles. The average molecular weight is 387 g/mol. The number of likely N-dealkylation sites (tertiary alicyclic amines) is 1. The van der Waals surface area contributed by atoms with E-state index in [-0.39, 0.29) is 12.1 Å². The van der Waals surface area contributed by atoms with Crippen LogP contribution in [0.3, 0.4) is 0 Å². The first-order valence-corrected chi connectivity index (χ1v) is 9.92. The molecule has 6 heteroatoms. The third-order valence-electron chi connectivity index (χ3n) is 4.93. The highest BCUT2D eigenvalue weighted by molar-refractivity contribution is 6.03. The van der Waals surface area contributed by atoms with E-state index in [1.165, 1.54) is 11.8 Å². The number of piperidine rings is 1. The highest BCUT2D eigenvalue weighted by atomic mass is 16.6. The molecule has 0 aliphatic carbocycles. The number of amides is 1. The quantitative estimate of drug-likeness (QED) is 0.705. The summed E-state index contributed by atoms with van der Waals surface area (Å²) in [5, 5.41) is 0.780. The molecule has 1 aromatic heterocycles. The van der Waals surface area contributed by atoms with Gasteiger partial charge in [-0.3, -0.25) is 0 Å². The van der Waals surface area contributed by atoms with Crippen molar-refractivity contribution in [1.29, 1.82) is 0 Å². The highest BCUT2D eigenvalue weighted by Crippen LogP contribution is 2.27. The molecule has 2 aromatic rings. The van der Waals surface area contributed by atoms with Gasteiger partial charge in [0.2, 0.25) is 0 Å². The number of nitrogens with zero attached hydrogens (tertiary/aromatic N) is 1. The third kappa shape index (κ3) is 4.86. The van der Waals surface area contributed by atoms with Gasteiger partial charge >= 0.3 is 12.1 Å². The van der Waals surface area contributed by atoms with Gasteiger partial charge in [0.05, 0.1) is 6.61 Å². The lowest BCUT2D eigenvalue weighted by molar-refractivity contribution is 0.0184. The minimum atomic E-state index is -0.464. The second kappa shape index (κ2) is 8.25. The Labute approximate surface area is 165 Å². The molecule has 3 rings (SSSR count). The number of rotatable bonds is 4. The van der Waals surface area contributed by atoms with Crippen LogP contribution in [0.5, 0.6) is 0 Å². The van der Waals surface area contributed by atoms with Crippen molar-refractivity contribution in [2.24, 2.45) is 5.92 Å². The molecule has 28 heavy (non-hydrogen) atoms. The Morgan fingerprint density at radius 3 is 2.57 bits per heavy atom. The molecule has 1 aliphatic heterocycles. The maximum absolute atomic E-state index is 12.2. The highest BCUT2D eigenvalue weighted by Gasteiger charge is 2.27. The van der Waals surface area contributed by atoms with E-state index in [1.54, 1.807) is 11.8 Å². The number of hydrogen-bond acceptors (Lipinski definition) is 5. The molecule has 1 fully saturated rings. The van der Waals surface area contributed by atoms with Crippen LogP contribution in [0.25, 0.3) is 11.0 Å². The Morgan fingerprint density at radius 2 is 1.93 bits per heavy atom. The average Bonchev–Trinajstić information content (AvgIpc) is 3.04. The van der Waals surface area contributed by atoms with Gasteiger partial charge in [-0.25, -0.2) is 9.59 Å². The zero-order valence-electron chi connectivity index (χ0n) is 17.1. The molecule has 0 bridgehead atoms. The number of fused-ring (bicyclic) bond motifs is 1. The van der Waals surface area contributed by atoms with Crippen LogP contribution in [-0.4, -0.2) is 42.3 Å². The maximum Gasteiger partial charge on any atom is 0.410 e. The van der Waals surface area contributed by atoms with Gasteiger partial charge in [0, 0.05) is 18.5 Å². The molecule has 1 aliphatic rings. The van der Waals surface area contributed by atoms with Crippen molar-refractivity contribution in [3.05, 3.63) is 35.6 Å². The lowest BCUT2D eigenvalue weighted by atomic mass is 9.90. The number of ether oxygens (including phenoxy) is 2. The zero-order valence-corrected chi connectivity index (χ0v) is 17.1. The Morgan fingerprint density at radius 1 is 1.21 bits per heavy atom. The summed E-state index contributed by atoms with van der Waals surface area (Å²) in [6.07, 6.45) is 4.06. The van der Waals surface area contributed by atoms with Crippen molar-refractivity contribution in [1.82, 2.24) is 4.90 Å². The SMILES string of the molecule is CCOC(=O)c1coc2cc(CC3CCN(C(=O)OC(C)(C)C)CC3)ccc12. The van der Waals surface area contributed by atoms with E-state index in [0.29, 0.717) is 23.7 Å². The summed E-state index contributed by atoms with van der Waals surface area (Å²) in [7, 11) is 0. The normalized spacial score (nSPS) is 15.6. The molecule has 1 amide bonds. The molecule has 0 unspecified atom stereocenters. The fourth-order valence-electron chi connectivity index (χ4n) is 3.55. The summed E-state index contributed by atoms with van der Waals surface area (Å²) in [5.74, 6) is 0.152. The van der Waals surface area contributed by atoms with E-state index in [2.05, 4.69) is 0 Å². The second-order valence-corrected chi connectivity index (χ2v) is 8.32.